The Balaban J connectivity index is 0.775. The Hall–Kier alpha value is -6.48. The predicted molar refractivity (Wildman–Crippen MR) is 318 cm³/mol. The molecule has 0 radical (unpaired) electrons. The number of aliphatic hydroxyl groups is 1. The molecule has 18 nitrogen and oxygen atoms in total. The lowest BCUT2D eigenvalue weighted by molar-refractivity contribution is -0.144. The van der Waals surface area contributed by atoms with Crippen molar-refractivity contribution in [3.8, 4) is 21.6 Å². The average molecular weight is 1130 g/mol. The van der Waals surface area contributed by atoms with Crippen molar-refractivity contribution < 1.29 is 38.5 Å². The van der Waals surface area contributed by atoms with E-state index in [1.165, 1.54) is 4.90 Å². The van der Waals surface area contributed by atoms with Crippen molar-refractivity contribution in [1.29, 1.82) is 0 Å². The molecule has 0 spiro atoms. The maximum atomic E-state index is 14.2. The smallest absolute Gasteiger partial charge is 0.253 e. The highest BCUT2D eigenvalue weighted by Crippen LogP contribution is 2.36. The average Bonchev–Trinajstić information content (AvgIpc) is 4.29. The van der Waals surface area contributed by atoms with Crippen LogP contribution in [0.2, 0.25) is 0 Å². The molecule has 8 rings (SSSR count). The molecule has 3 saturated heterocycles. The molecule has 436 valence electrons. The number of aryl methyl sites for hydroxylation is 3. The number of aromatic amines is 1. The number of aliphatic hydroxyl groups excluding tert-OH is 1. The number of piperazine rings is 1. The van der Waals surface area contributed by atoms with Crippen LogP contribution in [0.25, 0.3) is 21.6 Å². The largest absolute Gasteiger partial charge is 0.391 e. The van der Waals surface area contributed by atoms with E-state index in [2.05, 4.69) is 77.9 Å². The number of β-amino-alcohol motifs (C(OH)–C–C–N with tert-alkyl or cyclic N) is 1. The second-order valence-corrected chi connectivity index (χ2v) is 23.7. The molecule has 3 fully saturated rings. The molecule has 19 heteroatoms. The molecule has 1 unspecified atom stereocenters. The van der Waals surface area contributed by atoms with Gasteiger partial charge in [-0.05, 0) is 124 Å². The number of anilines is 2. The molecule has 5 N–H and O–H groups in total. The number of thiazole rings is 1. The maximum Gasteiger partial charge on any atom is 0.253 e. The van der Waals surface area contributed by atoms with Gasteiger partial charge in [0.2, 0.25) is 17.7 Å². The summed E-state index contributed by atoms with van der Waals surface area (Å²) in [5.41, 5.74) is 11.6. The second-order valence-electron chi connectivity index (χ2n) is 22.8. The van der Waals surface area contributed by atoms with Crippen LogP contribution < -0.4 is 31.3 Å². The number of carbonyl (C=O) groups excluding carboxylic acids is 4. The number of pyridine rings is 1. The number of hydrogen-bond acceptors (Lipinski definition) is 14. The standard InChI is InChI=1S/C62H83N9O9S/c1-10-70(49-19-26-78-27-20-49)53-33-47(32-51(41(53)4)58(74)63-35-52-39(2)31-40(3)65-59(52)75)45-15-17-48(18-16-45)69-23-21-68(22-24-69)25-28-79-29-30-80-37-55(73)67-57(62(7,8)9)61(77)71-36-50(72)34-54(71)60(76)66-42(5)44-11-13-46(14-12-44)56-43(6)64-38-81-56/h11-18,31-33,38,42,49-50,54,57,72H,10,19-30,34-37H2,1-9H3,(H,63,74)(H,65,75)(H,66,76)(H,67,73)/t42-,50+,54-,57?/m0/s1. The first-order chi connectivity index (χ1) is 38.8. The number of rotatable bonds is 22. The van der Waals surface area contributed by atoms with Crippen LogP contribution in [0.4, 0.5) is 11.4 Å². The van der Waals surface area contributed by atoms with Gasteiger partial charge in [0, 0.05) is 106 Å². The monoisotopic (exact) mass is 1130 g/mol. The number of carbonyl (C=O) groups is 4. The summed E-state index contributed by atoms with van der Waals surface area (Å²) in [5.74, 6) is -1.49. The van der Waals surface area contributed by atoms with Crippen molar-refractivity contribution in [3.63, 3.8) is 0 Å². The summed E-state index contributed by atoms with van der Waals surface area (Å²) >= 11 is 1.58. The van der Waals surface area contributed by atoms with Crippen LogP contribution in [-0.2, 0) is 35.1 Å². The zero-order valence-corrected chi connectivity index (χ0v) is 49.5. The highest BCUT2D eigenvalue weighted by molar-refractivity contribution is 7.13. The van der Waals surface area contributed by atoms with E-state index < -0.39 is 35.4 Å². The number of amides is 4. The second kappa shape index (κ2) is 27.5. The van der Waals surface area contributed by atoms with Crippen molar-refractivity contribution >= 4 is 46.3 Å². The third-order valence-electron chi connectivity index (χ3n) is 16.0. The van der Waals surface area contributed by atoms with Crippen molar-refractivity contribution in [1.82, 2.24) is 35.7 Å². The Bertz CT molecular complexity index is 3020. The van der Waals surface area contributed by atoms with E-state index in [4.69, 9.17) is 14.2 Å². The van der Waals surface area contributed by atoms with Gasteiger partial charge in [-0.2, -0.15) is 0 Å². The molecule has 3 aliphatic heterocycles. The number of ether oxygens (including phenoxy) is 3. The molecule has 4 atom stereocenters. The van der Waals surface area contributed by atoms with Crippen LogP contribution in [0.3, 0.4) is 0 Å². The van der Waals surface area contributed by atoms with Gasteiger partial charge in [-0.3, -0.25) is 28.9 Å². The zero-order valence-electron chi connectivity index (χ0n) is 48.7. The van der Waals surface area contributed by atoms with E-state index in [0.29, 0.717) is 43.6 Å². The van der Waals surface area contributed by atoms with Gasteiger partial charge in [0.1, 0.15) is 18.7 Å². The Morgan fingerprint density at radius 3 is 2.23 bits per heavy atom. The summed E-state index contributed by atoms with van der Waals surface area (Å²) < 4.78 is 17.3. The number of nitrogens with one attached hydrogen (secondary N) is 4. The fourth-order valence-electron chi connectivity index (χ4n) is 11.3. The van der Waals surface area contributed by atoms with Gasteiger partial charge in [0.15, 0.2) is 0 Å². The summed E-state index contributed by atoms with van der Waals surface area (Å²) in [6, 6.07) is 20.7. The van der Waals surface area contributed by atoms with Crippen molar-refractivity contribution in [3.05, 3.63) is 122 Å². The quantitative estimate of drug-likeness (QED) is 0.0449. The first kappa shape index (κ1) is 60.6. The number of hydrogen-bond donors (Lipinski definition) is 5. The van der Waals surface area contributed by atoms with E-state index in [1.807, 2.05) is 97.3 Å². The van der Waals surface area contributed by atoms with Gasteiger partial charge in [-0.15, -0.1) is 11.3 Å². The highest BCUT2D eigenvalue weighted by Gasteiger charge is 2.45. The lowest BCUT2D eigenvalue weighted by Gasteiger charge is -2.37. The van der Waals surface area contributed by atoms with Gasteiger partial charge in [0.05, 0.1) is 48.0 Å². The summed E-state index contributed by atoms with van der Waals surface area (Å²) in [6.45, 7) is 24.5. The Morgan fingerprint density at radius 2 is 1.58 bits per heavy atom. The number of nitrogens with zero attached hydrogens (tertiary/aromatic N) is 5. The van der Waals surface area contributed by atoms with Crippen LogP contribution in [0.15, 0.2) is 77.0 Å². The minimum absolute atomic E-state index is 0.0190. The van der Waals surface area contributed by atoms with E-state index >= 15 is 0 Å². The summed E-state index contributed by atoms with van der Waals surface area (Å²) in [4.78, 5) is 84.8. The van der Waals surface area contributed by atoms with Crippen molar-refractivity contribution in [2.24, 2.45) is 5.41 Å². The molecule has 3 aliphatic rings. The molecule has 3 aromatic carbocycles. The normalized spacial score (nSPS) is 17.9. The summed E-state index contributed by atoms with van der Waals surface area (Å²) in [6.07, 6.45) is 1.04. The van der Waals surface area contributed by atoms with Gasteiger partial charge in [-0.25, -0.2) is 4.98 Å². The summed E-state index contributed by atoms with van der Waals surface area (Å²) in [5, 5.41) is 19.6. The lowest BCUT2D eigenvalue weighted by Crippen LogP contribution is -2.58. The lowest BCUT2D eigenvalue weighted by atomic mass is 9.85. The molecule has 81 heavy (non-hydrogen) atoms. The molecular weight excluding hydrogens is 1050 g/mol. The number of aromatic nitrogens is 2. The molecule has 5 aromatic rings. The molecule has 0 bridgehead atoms. The SMILES string of the molecule is CCN(c1cc(-c2ccc(N3CCN(CCOCCOCC(=O)NC(C(=O)N4C[C@H](O)C[C@H]4C(=O)N[C@@H](C)c4ccc(-c5scnc5C)cc4)C(C)(C)C)CC3)cc2)cc(C(=O)NCc2c(C)cc(C)[nH]c2=O)c1C)C1CCOCC1. The molecule has 5 heterocycles. The van der Waals surface area contributed by atoms with Crippen molar-refractivity contribution in [2.75, 3.05) is 95.3 Å². The van der Waals surface area contributed by atoms with E-state index in [1.54, 1.807) is 11.3 Å². The van der Waals surface area contributed by atoms with Crippen LogP contribution in [0, 0.1) is 33.1 Å². The topological polar surface area (TPSA) is 211 Å². The van der Waals surface area contributed by atoms with Gasteiger partial charge in [0.25, 0.3) is 11.5 Å². The van der Waals surface area contributed by atoms with Gasteiger partial charge >= 0.3 is 0 Å². The summed E-state index contributed by atoms with van der Waals surface area (Å²) in [7, 11) is 0. The third kappa shape index (κ3) is 15.4. The van der Waals surface area contributed by atoms with Gasteiger partial charge < -0.3 is 55.0 Å². The number of benzene rings is 3. The Kier molecular flexibility index (Phi) is 20.6. The first-order valence-corrected chi connectivity index (χ1v) is 29.5. The molecule has 0 saturated carbocycles. The minimum Gasteiger partial charge on any atom is -0.391 e. The van der Waals surface area contributed by atoms with E-state index in [9.17, 15) is 29.1 Å². The van der Waals surface area contributed by atoms with Crippen LogP contribution in [0.5, 0.6) is 0 Å². The predicted octanol–water partition coefficient (Wildman–Crippen LogP) is 6.86. The Labute approximate surface area is 480 Å². The fourth-order valence-corrected chi connectivity index (χ4v) is 12.1. The highest BCUT2D eigenvalue weighted by atomic mass is 32.1. The first-order valence-electron chi connectivity index (χ1n) is 28.6. The maximum absolute atomic E-state index is 14.2. The number of H-pyrrole nitrogens is 1. The third-order valence-corrected chi connectivity index (χ3v) is 17.0. The molecule has 4 amide bonds. The van der Waals surface area contributed by atoms with Crippen LogP contribution >= 0.6 is 11.3 Å². The van der Waals surface area contributed by atoms with Crippen LogP contribution in [-0.4, -0.2) is 158 Å². The molecule has 0 aliphatic carbocycles. The fraction of sp³-hybridized carbons (Fsp3) is 0.516. The van der Waals surface area contributed by atoms with Crippen molar-refractivity contribution in [2.45, 2.75) is 118 Å². The molecular formula is C62H83N9O9S. The minimum atomic E-state index is -0.969. The zero-order chi connectivity index (χ0) is 58.0. The van der Waals surface area contributed by atoms with E-state index in [-0.39, 0.29) is 56.1 Å². The van der Waals surface area contributed by atoms with E-state index in [0.717, 1.165) is 113 Å². The van der Waals surface area contributed by atoms with Crippen LogP contribution in [0.1, 0.15) is 104 Å². The molecule has 2 aromatic heterocycles. The Morgan fingerprint density at radius 1 is 0.889 bits per heavy atom. The number of likely N-dealkylation sites (tertiary alicyclic amines) is 1. The van der Waals surface area contributed by atoms with Gasteiger partial charge in [-0.1, -0.05) is 57.2 Å².